The summed E-state index contributed by atoms with van der Waals surface area (Å²) in [6.45, 7) is 0. The summed E-state index contributed by atoms with van der Waals surface area (Å²) < 4.78 is 5.11. The Bertz CT molecular complexity index is 2380. The molecule has 0 spiro atoms. The van der Waals surface area contributed by atoms with Crippen LogP contribution in [-0.4, -0.2) is 34.4 Å². The summed E-state index contributed by atoms with van der Waals surface area (Å²) in [7, 11) is 2.16. The second-order valence-electron chi connectivity index (χ2n) is 11.6. The maximum atomic E-state index is 5.09. The Morgan fingerprint density at radius 1 is 0.667 bits per heavy atom. The van der Waals surface area contributed by atoms with Gasteiger partial charge in [-0.3, -0.25) is 0 Å². The van der Waals surface area contributed by atoms with Crippen molar-refractivity contribution in [1.82, 2.24) is 14.8 Å². The van der Waals surface area contributed by atoms with E-state index in [0.717, 1.165) is 28.4 Å². The number of thiophene rings is 1. The Kier molecular flexibility index (Phi) is 5.96. The average molecular weight is 600 g/mol. The Morgan fingerprint density at radius 2 is 1.38 bits per heavy atom. The lowest BCUT2D eigenvalue weighted by Gasteiger charge is -2.33. The Balaban J connectivity index is 1.13. The number of para-hydroxylation sites is 1. The van der Waals surface area contributed by atoms with Crippen molar-refractivity contribution >= 4 is 65.0 Å². The van der Waals surface area contributed by atoms with Crippen LogP contribution in [0, 0.1) is 0 Å². The smallest absolute Gasteiger partial charge is 0.159 e. The molecule has 0 fully saturated rings. The number of rotatable bonds is 4. The van der Waals surface area contributed by atoms with Crippen molar-refractivity contribution in [3.63, 3.8) is 0 Å². The van der Waals surface area contributed by atoms with E-state index in [2.05, 4.69) is 125 Å². The van der Waals surface area contributed by atoms with E-state index in [1.807, 2.05) is 47.7 Å². The first kappa shape index (κ1) is 26.0. The van der Waals surface area contributed by atoms with Gasteiger partial charge in [-0.05, 0) is 30.3 Å². The van der Waals surface area contributed by atoms with Crippen LogP contribution in [0.4, 0.5) is 0 Å². The topological polar surface area (TPSA) is 44.9 Å². The lowest BCUT2D eigenvalue weighted by atomic mass is 10.1. The van der Waals surface area contributed by atoms with E-state index in [-0.39, 0.29) is 12.3 Å². The van der Waals surface area contributed by atoms with E-state index in [1.54, 1.807) is 0 Å². The number of nitrogens with one attached hydrogen (secondary N) is 1. The molecule has 4 heterocycles. The molecule has 2 aromatic heterocycles. The zero-order chi connectivity index (χ0) is 29.9. The van der Waals surface area contributed by atoms with Gasteiger partial charge in [0.05, 0.1) is 11.0 Å². The van der Waals surface area contributed by atoms with Crippen molar-refractivity contribution in [3.8, 4) is 0 Å². The van der Waals surface area contributed by atoms with Crippen molar-refractivity contribution in [3.05, 3.63) is 156 Å². The molecule has 0 bridgehead atoms. The Labute approximate surface area is 264 Å². The molecular formula is C39H29N5S. The number of hydrogen-bond donors (Lipinski definition) is 1. The summed E-state index contributed by atoms with van der Waals surface area (Å²) in [5.41, 5.74) is 5.59. The van der Waals surface area contributed by atoms with E-state index in [4.69, 9.17) is 9.98 Å². The van der Waals surface area contributed by atoms with Crippen molar-refractivity contribution in [2.75, 3.05) is 7.05 Å². The van der Waals surface area contributed by atoms with Gasteiger partial charge in [-0.25, -0.2) is 9.98 Å². The summed E-state index contributed by atoms with van der Waals surface area (Å²) in [4.78, 5) is 12.3. The van der Waals surface area contributed by atoms with Crippen molar-refractivity contribution in [2.24, 2.45) is 9.98 Å². The highest BCUT2D eigenvalue weighted by atomic mass is 32.1. The number of likely N-dealkylation sites (N-methyl/N-ethyl adjacent to an activating group) is 1. The minimum absolute atomic E-state index is 0.00593. The van der Waals surface area contributed by atoms with Gasteiger partial charge in [0.25, 0.3) is 0 Å². The molecule has 216 valence electrons. The fraction of sp³-hybridized carbons (Fsp3) is 0.0769. The molecule has 5 aromatic carbocycles. The third-order valence-corrected chi connectivity index (χ3v) is 9.97. The monoisotopic (exact) mass is 599 g/mol. The van der Waals surface area contributed by atoms with Crippen LogP contribution >= 0.6 is 11.3 Å². The quantitative estimate of drug-likeness (QED) is 0.220. The lowest BCUT2D eigenvalue weighted by molar-refractivity contribution is 0.308. The van der Waals surface area contributed by atoms with Crippen molar-refractivity contribution in [2.45, 2.75) is 12.3 Å². The second kappa shape index (κ2) is 10.3. The number of fused-ring (bicyclic) bond motifs is 6. The third-order valence-electron chi connectivity index (χ3n) is 8.84. The molecule has 0 aliphatic carbocycles. The molecule has 0 amide bonds. The van der Waals surface area contributed by atoms with Gasteiger partial charge in [0, 0.05) is 60.9 Å². The number of aliphatic imine (C=N–C) groups is 2. The lowest BCUT2D eigenvalue weighted by Crippen LogP contribution is -2.41. The van der Waals surface area contributed by atoms with Crippen LogP contribution in [0.5, 0.6) is 0 Å². The first-order chi connectivity index (χ1) is 22.2. The van der Waals surface area contributed by atoms with Gasteiger partial charge in [0.15, 0.2) is 5.84 Å². The summed E-state index contributed by atoms with van der Waals surface area (Å²) >= 11 is 1.87. The predicted molar refractivity (Wildman–Crippen MR) is 189 cm³/mol. The van der Waals surface area contributed by atoms with Gasteiger partial charge in [-0.1, -0.05) is 103 Å². The number of amidine groups is 2. The average Bonchev–Trinajstić information content (AvgIpc) is 3.62. The molecule has 2 aliphatic heterocycles. The van der Waals surface area contributed by atoms with E-state index in [1.165, 1.54) is 42.0 Å². The van der Waals surface area contributed by atoms with Crippen LogP contribution in [0.1, 0.15) is 17.3 Å². The summed E-state index contributed by atoms with van der Waals surface area (Å²) in [5.74, 6) is 1.55. The largest absolute Gasteiger partial charge is 0.357 e. The standard InChI is InChI=1S/C39H29N5S/c1-43-24-27(39-41-37(25-12-4-2-5-13-25)40-38(42-39)26-14-6-3-7-15-26)20-21-36(43)44-32-18-10-8-16-28(32)30-22-31-29-17-9-11-19-34(29)45-35(31)23-33(30)44/h2-24,36,39H,1H3,(H,40,41,42). The number of nitrogens with zero attached hydrogens (tertiary/aromatic N) is 4. The highest BCUT2D eigenvalue weighted by Gasteiger charge is 2.27. The molecule has 9 rings (SSSR count). The van der Waals surface area contributed by atoms with Gasteiger partial charge >= 0.3 is 0 Å². The third kappa shape index (κ3) is 4.29. The van der Waals surface area contributed by atoms with E-state index >= 15 is 0 Å². The van der Waals surface area contributed by atoms with Crippen LogP contribution in [0.3, 0.4) is 0 Å². The number of benzene rings is 5. The molecule has 6 heteroatoms. The van der Waals surface area contributed by atoms with Gasteiger partial charge < -0.3 is 14.8 Å². The van der Waals surface area contributed by atoms with Crippen LogP contribution < -0.4 is 5.32 Å². The first-order valence-electron chi connectivity index (χ1n) is 15.2. The number of hydrogen-bond acceptors (Lipinski definition) is 5. The minimum atomic E-state index is -0.274. The molecule has 0 radical (unpaired) electrons. The van der Waals surface area contributed by atoms with Crippen LogP contribution in [0.25, 0.3) is 42.0 Å². The maximum Gasteiger partial charge on any atom is 0.159 e. The highest BCUT2D eigenvalue weighted by Crippen LogP contribution is 2.41. The van der Waals surface area contributed by atoms with Crippen molar-refractivity contribution < 1.29 is 0 Å². The molecule has 2 aliphatic rings. The molecular weight excluding hydrogens is 571 g/mol. The number of aromatic nitrogens is 1. The van der Waals surface area contributed by atoms with E-state index < -0.39 is 0 Å². The van der Waals surface area contributed by atoms with Gasteiger partial charge in [0.1, 0.15) is 18.2 Å². The minimum Gasteiger partial charge on any atom is -0.357 e. The molecule has 0 saturated heterocycles. The molecule has 0 saturated carbocycles. The predicted octanol–water partition coefficient (Wildman–Crippen LogP) is 8.87. The van der Waals surface area contributed by atoms with E-state index in [0.29, 0.717) is 0 Å². The molecule has 5 nitrogen and oxygen atoms in total. The van der Waals surface area contributed by atoms with E-state index in [9.17, 15) is 0 Å². The Hall–Kier alpha value is -5.46. The second-order valence-corrected chi connectivity index (χ2v) is 12.7. The van der Waals surface area contributed by atoms with Gasteiger partial charge in [0.2, 0.25) is 0 Å². The van der Waals surface area contributed by atoms with Gasteiger partial charge in [-0.2, -0.15) is 0 Å². The summed E-state index contributed by atoms with van der Waals surface area (Å²) in [5, 5.41) is 8.82. The highest BCUT2D eigenvalue weighted by molar-refractivity contribution is 7.25. The first-order valence-corrected chi connectivity index (χ1v) is 16.0. The summed E-state index contributed by atoms with van der Waals surface area (Å²) in [6.07, 6.45) is 6.47. The molecule has 2 unspecified atom stereocenters. The molecule has 7 aromatic rings. The van der Waals surface area contributed by atoms with Crippen LogP contribution in [-0.2, 0) is 0 Å². The molecule has 45 heavy (non-hydrogen) atoms. The van der Waals surface area contributed by atoms with Gasteiger partial charge in [-0.15, -0.1) is 11.3 Å². The summed E-state index contributed by atoms with van der Waals surface area (Å²) in [6, 6.07) is 42.8. The maximum absolute atomic E-state index is 5.09. The van der Waals surface area contributed by atoms with Crippen LogP contribution in [0.2, 0.25) is 0 Å². The normalized spacial score (nSPS) is 18.3. The zero-order valence-electron chi connectivity index (χ0n) is 24.6. The zero-order valence-corrected chi connectivity index (χ0v) is 25.4. The Morgan fingerprint density at radius 3 is 2.18 bits per heavy atom. The molecule has 1 N–H and O–H groups in total. The van der Waals surface area contributed by atoms with Crippen molar-refractivity contribution in [1.29, 1.82) is 0 Å². The molecule has 2 atom stereocenters. The fourth-order valence-corrected chi connectivity index (χ4v) is 7.82. The SMILES string of the molecule is CN1C=C(C2N=C(c3ccccc3)N=C(c3ccccc3)N2)C=CC1n1c2ccccc2c2cc3c(cc21)sc1ccccc13. The van der Waals surface area contributed by atoms with Crippen LogP contribution in [0.15, 0.2) is 155 Å². The fourth-order valence-electron chi connectivity index (χ4n) is 6.70.